The number of piperidine rings is 4. The number of fused-ring (bicyclic) bond motifs is 12. The van der Waals surface area contributed by atoms with Crippen LogP contribution in [0.3, 0.4) is 0 Å². The second-order valence-electron chi connectivity index (χ2n) is 37.1. The van der Waals surface area contributed by atoms with Gasteiger partial charge in [-0.15, -0.1) is 5.68 Å². The molecular weight excluding hydrogens is 1890 g/mol. The van der Waals surface area contributed by atoms with Gasteiger partial charge in [0.25, 0.3) is 0 Å². The van der Waals surface area contributed by atoms with Crippen molar-refractivity contribution in [2.24, 2.45) is 0 Å². The molecule has 0 saturated carbocycles. The van der Waals surface area contributed by atoms with Gasteiger partial charge in [0.1, 0.15) is 59.0 Å². The number of esters is 2. The van der Waals surface area contributed by atoms with Gasteiger partial charge in [-0.05, 0) is 118 Å². The molecule has 13 aliphatic rings. The molecule has 15 aromatic rings. The molecule has 13 saturated heterocycles. The standard InChI is InChI=1S/C28H29N9O2.C25H24N8O.C24H22N8O2.C18H16N6O.C4H6O3.C2H3BO.CH4.Na.2H2O/c1-28(38)16-35(17-28)21-6-24(26-20(7-29)11-33-37(26)15-21)19-3-4-25(30-10-19)34-13-22-5-23(14-34)36(22)12-18-8-31-27(39-2)32-9-18;1-16-5-22(24-19(7-26)11-30-33(24)12-16)18-3-4-23(27-10-18)31-14-20-6-21(15-31)32(20)13-17-8-28-25(34-2)29-9-17;1-34-24-27-7-15(8-28-24)11-31-18-4-19(31)13-30(12-18)22-3-2-16(9-26-22)21-5-20(33)14-32-23(21)17(6-25)10-29-32;19-5-12-7-21-24-10-15(25)4-16(18(12)24)11-1-2-17(20-6-11)23-8-13-3-14(9-23)22-13;1-3(5)7-4(2)6;1-2(3)4;;;;/h3-4,6,8-11,15,22-23,38H,5,12-14,16-17H2,1-2H3;3-5,8-12,20-21H,6,13-15H2,1-2H3;2-3,5,7-10,14,18-19,33H,4,11-13H2,1H3;1-2,4,6-7,10,13-14,22,25H,3,8-9H2;1-2H3;1H3;1H4;;2*1H2/q;;;;;-1;;+1;;. The van der Waals surface area contributed by atoms with E-state index in [1.807, 2.05) is 100 Å². The maximum Gasteiger partial charge on any atom is 1.00 e. The number of ether oxygens (including phenoxy) is 4. The van der Waals surface area contributed by atoms with Crippen molar-refractivity contribution in [3.8, 4) is 98.3 Å². The average Bonchev–Trinajstić information content (AvgIpc) is 1.74. The number of piperazine rings is 4. The summed E-state index contributed by atoms with van der Waals surface area (Å²) in [6.45, 7) is 18.7. The molecule has 0 spiro atoms. The molecule has 8 bridgehead atoms. The van der Waals surface area contributed by atoms with E-state index in [1.54, 1.807) is 67.3 Å². The van der Waals surface area contributed by atoms with Gasteiger partial charge in [0, 0.05) is 277 Å². The van der Waals surface area contributed by atoms with Crippen molar-refractivity contribution in [2.75, 3.05) is 111 Å². The summed E-state index contributed by atoms with van der Waals surface area (Å²) in [5.74, 6) is 2.89. The molecule has 45 heteroatoms. The number of hydrogen-bond donors (Lipinski definition) is 4. The van der Waals surface area contributed by atoms with Gasteiger partial charge in [-0.3, -0.25) is 24.3 Å². The molecule has 747 valence electrons. The molecule has 0 aromatic carbocycles. The van der Waals surface area contributed by atoms with Crippen LogP contribution in [0.25, 0.3) is 66.6 Å². The number of rotatable bonds is 18. The van der Waals surface area contributed by atoms with E-state index >= 15 is 0 Å². The van der Waals surface area contributed by atoms with Crippen LogP contribution >= 0.6 is 0 Å². The van der Waals surface area contributed by atoms with Crippen molar-refractivity contribution in [2.45, 2.75) is 141 Å². The van der Waals surface area contributed by atoms with Gasteiger partial charge in [0.2, 0.25) is 0 Å². The second kappa shape index (κ2) is 45.2. The number of carbonyl (C=O) groups is 3. The van der Waals surface area contributed by atoms with Crippen LogP contribution in [0.2, 0.25) is 0 Å². The third kappa shape index (κ3) is 22.8. The monoisotopic (exact) mass is 1990 g/mol. The maximum atomic E-state index is 10.2. The van der Waals surface area contributed by atoms with E-state index in [1.165, 1.54) is 80.3 Å². The molecule has 15 aromatic heterocycles. The Morgan fingerprint density at radius 3 is 0.959 bits per heavy atom. The van der Waals surface area contributed by atoms with Gasteiger partial charge < -0.3 is 87.7 Å². The Morgan fingerprint density at radius 2 is 0.694 bits per heavy atom. The summed E-state index contributed by atoms with van der Waals surface area (Å²) in [7, 11) is 9.19. The third-order valence-corrected chi connectivity index (χ3v) is 26.9. The largest absolute Gasteiger partial charge is 1.00 e. The zero-order chi connectivity index (χ0) is 99.6. The van der Waals surface area contributed by atoms with Crippen LogP contribution in [0.4, 0.5) is 29.0 Å². The first kappa shape index (κ1) is 105. The number of β-amino-alcohol motifs (C(OH)–C–C–N with tert-alkyl or cyclic N) is 1. The molecule has 8 N–H and O–H groups in total. The summed E-state index contributed by atoms with van der Waals surface area (Å²) in [6, 6.07) is 37.8. The summed E-state index contributed by atoms with van der Waals surface area (Å²) in [4.78, 5) is 92.2. The van der Waals surface area contributed by atoms with E-state index in [9.17, 15) is 50.8 Å². The van der Waals surface area contributed by atoms with Gasteiger partial charge in [-0.2, -0.15) is 41.4 Å². The predicted molar refractivity (Wildman–Crippen MR) is 539 cm³/mol. The minimum atomic E-state index is -0.687. The normalized spacial score (nSPS) is 19.1. The SMILES string of the molecule is C.CC(=O)OC(C)=O.COc1ncc(CN2C3CC2CN(c2ccc(-c4cc(C)cn5ncc(C#N)c45)cn2)C3)cn1.COc1ncc(CN2C3CC2CN(c2ccc(-c4cc(N5CC(C)(O)C5)cn5ncc(C#N)c45)cn2)C3)cn1.COc1ncc(CN2C3CC2CN(c2ccc(-c4cc(O)cn5ncc(C#N)c45)cn2)C3)cn1.N#Cc1cnn2cc(O)cc(-c3ccc(N4CC5CC(C4)N5)nc3)c12.O.O.[B-]C(C)=O.[Na+]. The molecule has 28 heterocycles. The predicted octanol–water partition coefficient (Wildman–Crippen LogP) is 4.49. The number of methoxy groups -OCH3 is 3. The van der Waals surface area contributed by atoms with Gasteiger partial charge in [0.15, 0.2) is 0 Å². The van der Waals surface area contributed by atoms with Crippen LogP contribution < -0.4 is 73.6 Å². The Balaban J connectivity index is 0.000000142. The first-order chi connectivity index (χ1) is 69.2. The quantitative estimate of drug-likeness (QED) is 0.0522. The zero-order valence-electron chi connectivity index (χ0n) is 81.7. The smallest absolute Gasteiger partial charge is 0.528 e. The molecular formula is C102H108BN31NaO12. The molecule has 8 atom stereocenters. The Bertz CT molecular complexity index is 7160. The summed E-state index contributed by atoms with van der Waals surface area (Å²) < 4.78 is 25.7. The zero-order valence-corrected chi connectivity index (χ0v) is 83.7. The second-order valence-corrected chi connectivity index (χ2v) is 37.1. The number of aliphatic hydroxyl groups is 1. The number of anilines is 5. The Morgan fingerprint density at radius 1 is 0.415 bits per heavy atom. The van der Waals surface area contributed by atoms with Gasteiger partial charge >= 0.3 is 59.5 Å². The first-order valence-electron chi connectivity index (χ1n) is 46.6. The van der Waals surface area contributed by atoms with Crippen LogP contribution in [0, 0.1) is 52.2 Å². The van der Waals surface area contributed by atoms with E-state index in [-0.39, 0.29) is 65.1 Å². The minimum absolute atomic E-state index is 0. The molecule has 0 amide bonds. The van der Waals surface area contributed by atoms with Crippen LogP contribution in [-0.4, -0.2) is 295 Å². The number of aryl methyl sites for hydroxylation is 1. The van der Waals surface area contributed by atoms with E-state index < -0.39 is 17.5 Å². The first-order valence-corrected chi connectivity index (χ1v) is 46.6. The van der Waals surface area contributed by atoms with Gasteiger partial charge in [0.05, 0.1) is 120 Å². The van der Waals surface area contributed by atoms with Crippen LogP contribution in [0.15, 0.2) is 184 Å². The number of aromatic nitrogens is 18. The Kier molecular flexibility index (Phi) is 32.4. The molecule has 13 aliphatic heterocycles. The molecule has 3 radical (unpaired) electrons. The maximum absolute atomic E-state index is 10.2. The molecule has 0 aliphatic carbocycles. The fraction of sp³-hybridized carbons (Fsp3) is 0.343. The molecule has 43 nitrogen and oxygen atoms in total. The number of nitrogens with one attached hydrogen (secondary N) is 1. The summed E-state index contributed by atoms with van der Waals surface area (Å²) in [6.07, 6.45) is 36.3. The summed E-state index contributed by atoms with van der Waals surface area (Å²) in [5.41, 5.74) is 16.2. The average molecular weight is 1990 g/mol. The minimum Gasteiger partial charge on any atom is -0.528 e. The molecule has 28 rings (SSSR count). The summed E-state index contributed by atoms with van der Waals surface area (Å²) in [5, 5.41) is 88.9. The van der Waals surface area contributed by atoms with Crippen LogP contribution in [0.5, 0.6) is 29.5 Å². The van der Waals surface area contributed by atoms with Gasteiger partial charge in [-0.1, -0.05) is 14.4 Å². The fourth-order valence-corrected chi connectivity index (χ4v) is 20.4. The Labute approximate surface area is 869 Å². The number of nitriles is 4. The fourth-order valence-electron chi connectivity index (χ4n) is 20.4. The number of pyridine rings is 8. The van der Waals surface area contributed by atoms with Crippen molar-refractivity contribution < 1.29 is 89.2 Å². The third-order valence-electron chi connectivity index (χ3n) is 26.9. The van der Waals surface area contributed by atoms with Crippen molar-refractivity contribution >= 4 is 76.5 Å². The number of carbonyl (C=O) groups excluding carboxylic acids is 3. The number of nitrogens with zero attached hydrogens (tertiary/aromatic N) is 30. The van der Waals surface area contributed by atoms with Crippen molar-refractivity contribution in [3.63, 3.8) is 0 Å². The van der Waals surface area contributed by atoms with Crippen molar-refractivity contribution in [1.82, 2.24) is 108 Å². The number of hydrogen-bond acceptors (Lipinski definition) is 37. The summed E-state index contributed by atoms with van der Waals surface area (Å²) >= 11 is 0. The van der Waals surface area contributed by atoms with E-state index in [2.05, 4.69) is 173 Å². The van der Waals surface area contributed by atoms with E-state index in [0.717, 1.165) is 179 Å². The molecule has 13 fully saturated rings. The van der Waals surface area contributed by atoms with Crippen LogP contribution in [0.1, 0.15) is 105 Å². The Hall–Kier alpha value is -15.8. The number of aromatic hydroxyl groups is 2. The van der Waals surface area contributed by atoms with Crippen molar-refractivity contribution in [3.05, 3.63) is 229 Å². The van der Waals surface area contributed by atoms with E-state index in [0.29, 0.717) is 113 Å². The van der Waals surface area contributed by atoms with Crippen molar-refractivity contribution in [1.29, 1.82) is 21.0 Å². The van der Waals surface area contributed by atoms with E-state index in [4.69, 9.17) is 29.2 Å². The van der Waals surface area contributed by atoms with Crippen LogP contribution in [-0.2, 0) is 38.8 Å². The molecule has 147 heavy (non-hydrogen) atoms. The molecule has 8 unspecified atom stereocenters. The van der Waals surface area contributed by atoms with Gasteiger partial charge in [-0.25, -0.2) is 67.9 Å². The topological polar surface area (TPSA) is 543 Å².